The van der Waals surface area contributed by atoms with E-state index in [9.17, 15) is 9.59 Å². The zero-order valence-corrected chi connectivity index (χ0v) is 17.6. The van der Waals surface area contributed by atoms with Gasteiger partial charge in [0.1, 0.15) is 0 Å². The van der Waals surface area contributed by atoms with Crippen molar-refractivity contribution >= 4 is 28.8 Å². The summed E-state index contributed by atoms with van der Waals surface area (Å²) in [5.41, 5.74) is 2.92. The third-order valence-electron chi connectivity index (χ3n) is 5.02. The minimum Gasteiger partial charge on any atom is -0.466 e. The van der Waals surface area contributed by atoms with Gasteiger partial charge in [-0.3, -0.25) is 4.79 Å². The Morgan fingerprint density at radius 2 is 1.96 bits per heavy atom. The van der Waals surface area contributed by atoms with Crippen LogP contribution in [0.5, 0.6) is 0 Å². The molecule has 0 bridgehead atoms. The van der Waals surface area contributed by atoms with Crippen molar-refractivity contribution in [1.29, 1.82) is 0 Å². The van der Waals surface area contributed by atoms with Crippen LogP contribution in [0.15, 0.2) is 57.7 Å². The molecule has 148 valence electrons. The summed E-state index contributed by atoms with van der Waals surface area (Å²) < 4.78 is 5.05. The van der Waals surface area contributed by atoms with E-state index in [0.29, 0.717) is 11.3 Å². The maximum Gasteiger partial charge on any atom is 0.338 e. The van der Waals surface area contributed by atoms with Crippen molar-refractivity contribution in [3.05, 3.63) is 58.3 Å². The van der Waals surface area contributed by atoms with Gasteiger partial charge >= 0.3 is 5.97 Å². The quantitative estimate of drug-likeness (QED) is 0.707. The standard InChI is InChI=1S/C21H25N3O3S/c1-13(2)23(4)17(25)11-16-12-28-21-22-14(3)18(20(26)27-5)19(24(16)21)15-9-7-6-8-10-15/h6-10,12-13,19H,11H2,1-5H3. The van der Waals surface area contributed by atoms with Gasteiger partial charge in [0.05, 0.1) is 30.8 Å². The number of allylic oxidation sites excluding steroid dienone is 1. The molecule has 0 N–H and O–H groups in total. The minimum absolute atomic E-state index is 0.0285. The second-order valence-corrected chi connectivity index (χ2v) is 7.91. The van der Waals surface area contributed by atoms with E-state index in [-0.39, 0.29) is 24.4 Å². The Kier molecular flexibility index (Phi) is 5.93. The number of esters is 1. The minimum atomic E-state index is -0.406. The van der Waals surface area contributed by atoms with Crippen LogP contribution in [0.2, 0.25) is 0 Å². The van der Waals surface area contributed by atoms with E-state index in [1.54, 1.807) is 11.9 Å². The molecule has 0 aliphatic carbocycles. The second kappa shape index (κ2) is 8.22. The zero-order valence-electron chi connectivity index (χ0n) is 16.8. The SMILES string of the molecule is COC(=O)C1=C(C)N=C2SC=C(CC(=O)N(C)C(C)C)N2C1c1ccccc1. The van der Waals surface area contributed by atoms with Crippen LogP contribution in [0, 0.1) is 0 Å². The Hall–Kier alpha value is -2.54. The van der Waals surface area contributed by atoms with Crippen molar-refractivity contribution in [2.45, 2.75) is 39.3 Å². The van der Waals surface area contributed by atoms with Crippen LogP contribution in [0.1, 0.15) is 38.8 Å². The van der Waals surface area contributed by atoms with E-state index in [1.165, 1.54) is 18.9 Å². The number of carbonyl (C=O) groups excluding carboxylic acids is 2. The van der Waals surface area contributed by atoms with Crippen molar-refractivity contribution in [2.75, 3.05) is 14.2 Å². The molecule has 1 amide bonds. The molecular weight excluding hydrogens is 374 g/mol. The number of aliphatic imine (C=N–C) groups is 1. The summed E-state index contributed by atoms with van der Waals surface area (Å²) in [6.07, 6.45) is 0.248. The Labute approximate surface area is 169 Å². The van der Waals surface area contributed by atoms with Crippen molar-refractivity contribution in [2.24, 2.45) is 4.99 Å². The predicted molar refractivity (Wildman–Crippen MR) is 111 cm³/mol. The van der Waals surface area contributed by atoms with Crippen molar-refractivity contribution in [1.82, 2.24) is 9.80 Å². The number of benzene rings is 1. The third-order valence-corrected chi connectivity index (χ3v) is 5.91. The van der Waals surface area contributed by atoms with Crippen molar-refractivity contribution in [3.8, 4) is 0 Å². The molecule has 2 heterocycles. The number of nitrogens with zero attached hydrogens (tertiary/aromatic N) is 3. The van der Waals surface area contributed by atoms with Crippen molar-refractivity contribution < 1.29 is 14.3 Å². The molecule has 0 aromatic heterocycles. The van der Waals surface area contributed by atoms with Crippen LogP contribution >= 0.6 is 11.8 Å². The first-order chi connectivity index (χ1) is 13.3. The first-order valence-electron chi connectivity index (χ1n) is 9.18. The summed E-state index contributed by atoms with van der Waals surface area (Å²) >= 11 is 1.48. The third kappa shape index (κ3) is 3.71. The molecule has 0 saturated carbocycles. The number of hydrogen-bond acceptors (Lipinski definition) is 6. The molecule has 0 saturated heterocycles. The number of methoxy groups -OCH3 is 1. The van der Waals surface area contributed by atoms with Gasteiger partial charge in [0, 0.05) is 18.8 Å². The van der Waals surface area contributed by atoms with E-state index < -0.39 is 5.97 Å². The number of fused-ring (bicyclic) bond motifs is 1. The maximum atomic E-state index is 12.7. The summed E-state index contributed by atoms with van der Waals surface area (Å²) in [5.74, 6) is -0.378. The molecule has 2 aliphatic rings. The largest absolute Gasteiger partial charge is 0.466 e. The fourth-order valence-electron chi connectivity index (χ4n) is 3.26. The van der Waals surface area contributed by atoms with E-state index in [0.717, 1.165) is 16.4 Å². The Bertz CT molecular complexity index is 874. The van der Waals surface area contributed by atoms with Crippen LogP contribution < -0.4 is 0 Å². The topological polar surface area (TPSA) is 62.2 Å². The second-order valence-electron chi connectivity index (χ2n) is 7.07. The van der Waals surface area contributed by atoms with Crippen LogP contribution in [-0.2, 0) is 14.3 Å². The smallest absolute Gasteiger partial charge is 0.338 e. The molecule has 0 fully saturated rings. The molecule has 3 rings (SSSR count). The van der Waals surface area contributed by atoms with E-state index in [1.807, 2.05) is 61.4 Å². The molecule has 1 aromatic rings. The number of ether oxygens (including phenoxy) is 1. The lowest BCUT2D eigenvalue weighted by molar-refractivity contribution is -0.136. The highest BCUT2D eigenvalue weighted by atomic mass is 32.2. The molecule has 7 heteroatoms. The number of rotatable bonds is 5. The highest BCUT2D eigenvalue weighted by molar-refractivity contribution is 8.16. The molecule has 1 unspecified atom stereocenters. The van der Waals surface area contributed by atoms with Gasteiger partial charge in [0.25, 0.3) is 0 Å². The lowest BCUT2D eigenvalue weighted by Crippen LogP contribution is -2.39. The van der Waals surface area contributed by atoms with Crippen LogP contribution in [0.25, 0.3) is 0 Å². The fraction of sp³-hybridized carbons (Fsp3) is 0.381. The predicted octanol–water partition coefficient (Wildman–Crippen LogP) is 3.69. The van der Waals surface area contributed by atoms with Gasteiger partial charge in [0.15, 0.2) is 5.17 Å². The van der Waals surface area contributed by atoms with Gasteiger partial charge < -0.3 is 14.5 Å². The molecule has 0 spiro atoms. The monoisotopic (exact) mass is 399 g/mol. The fourth-order valence-corrected chi connectivity index (χ4v) is 4.22. The summed E-state index contributed by atoms with van der Waals surface area (Å²) in [6, 6.07) is 9.52. The highest BCUT2D eigenvalue weighted by Gasteiger charge is 2.41. The van der Waals surface area contributed by atoms with Crippen LogP contribution in [0.3, 0.4) is 0 Å². The number of amidine groups is 1. The van der Waals surface area contributed by atoms with E-state index >= 15 is 0 Å². The van der Waals surface area contributed by atoms with Gasteiger partial charge in [-0.15, -0.1) is 0 Å². The van der Waals surface area contributed by atoms with Gasteiger partial charge in [-0.1, -0.05) is 42.1 Å². The number of amides is 1. The first kappa shape index (κ1) is 20.2. The average Bonchev–Trinajstić information content (AvgIpc) is 3.08. The number of carbonyl (C=O) groups is 2. The van der Waals surface area contributed by atoms with E-state index in [2.05, 4.69) is 4.99 Å². The normalized spacial score (nSPS) is 18.6. The Morgan fingerprint density at radius 1 is 1.29 bits per heavy atom. The Balaban J connectivity index is 2.02. The lowest BCUT2D eigenvalue weighted by Gasteiger charge is -2.36. The zero-order chi connectivity index (χ0) is 20.4. The van der Waals surface area contributed by atoms with Crippen LogP contribution in [0.4, 0.5) is 0 Å². The van der Waals surface area contributed by atoms with Gasteiger partial charge in [0.2, 0.25) is 5.91 Å². The molecular formula is C21H25N3O3S. The summed E-state index contributed by atoms with van der Waals surface area (Å²) in [4.78, 5) is 33.6. The van der Waals surface area contributed by atoms with Crippen LogP contribution in [-0.4, -0.2) is 47.0 Å². The van der Waals surface area contributed by atoms with Gasteiger partial charge in [-0.25, -0.2) is 9.79 Å². The van der Waals surface area contributed by atoms with Gasteiger partial charge in [-0.05, 0) is 31.7 Å². The Morgan fingerprint density at radius 3 is 2.57 bits per heavy atom. The number of thioether (sulfide) groups is 1. The molecule has 1 aromatic carbocycles. The lowest BCUT2D eigenvalue weighted by atomic mass is 9.94. The molecule has 28 heavy (non-hydrogen) atoms. The van der Waals surface area contributed by atoms with E-state index in [4.69, 9.17) is 4.74 Å². The molecule has 0 radical (unpaired) electrons. The first-order valence-corrected chi connectivity index (χ1v) is 10.1. The average molecular weight is 400 g/mol. The summed E-state index contributed by atoms with van der Waals surface area (Å²) in [5, 5.41) is 2.72. The maximum absolute atomic E-state index is 12.7. The molecule has 6 nitrogen and oxygen atoms in total. The summed E-state index contributed by atoms with van der Waals surface area (Å²) in [6.45, 7) is 5.79. The van der Waals surface area contributed by atoms with Gasteiger partial charge in [-0.2, -0.15) is 0 Å². The molecule has 2 aliphatic heterocycles. The summed E-state index contributed by atoms with van der Waals surface area (Å²) in [7, 11) is 3.18. The van der Waals surface area contributed by atoms with Crippen molar-refractivity contribution in [3.63, 3.8) is 0 Å². The molecule has 1 atom stereocenters. The number of hydrogen-bond donors (Lipinski definition) is 0. The highest BCUT2D eigenvalue weighted by Crippen LogP contribution is 2.44.